The second kappa shape index (κ2) is 5.16. The van der Waals surface area contributed by atoms with E-state index in [0.717, 1.165) is 38.1 Å². The number of hydrogen-bond acceptors (Lipinski definition) is 3. The summed E-state index contributed by atoms with van der Waals surface area (Å²) in [5.74, 6) is 1.13. The van der Waals surface area contributed by atoms with E-state index in [1.165, 1.54) is 12.4 Å². The van der Waals surface area contributed by atoms with Gasteiger partial charge in [-0.15, -0.1) is 0 Å². The summed E-state index contributed by atoms with van der Waals surface area (Å²) in [4.78, 5) is 10.4. The molecule has 0 aliphatic carbocycles. The highest BCUT2D eigenvalue weighted by Gasteiger charge is 2.31. The number of nitrogens with zero attached hydrogens (tertiary/aromatic N) is 3. The number of piperidine rings is 1. The lowest BCUT2D eigenvalue weighted by Crippen LogP contribution is -2.35. The Morgan fingerprint density at radius 2 is 2.05 bits per heavy atom. The molecule has 0 amide bonds. The van der Waals surface area contributed by atoms with Crippen molar-refractivity contribution in [3.05, 3.63) is 30.1 Å². The molecule has 2 heterocycles. The molecule has 0 spiro atoms. The normalized spacial score (nSPS) is 20.0. The Labute approximate surface area is 120 Å². The number of anilines is 1. The van der Waals surface area contributed by atoms with Crippen molar-refractivity contribution in [2.24, 2.45) is 5.92 Å². The topological polar surface area (TPSA) is 29.0 Å². The predicted molar refractivity (Wildman–Crippen MR) is 75.2 cm³/mol. The highest BCUT2D eigenvalue weighted by atomic mass is 19.4. The standard InChI is InChI=1S/C15H16F3N3/c1-10-3-2-6-21(8-10)14-12-7-11(15(16,17)18)4-5-13(12)19-9-20-14/h4-5,7,9-10H,2-3,6,8H2,1H3. The SMILES string of the molecule is CC1CCCN(c2ncnc3ccc(C(F)(F)F)cc23)C1. The van der Waals surface area contributed by atoms with E-state index in [4.69, 9.17) is 0 Å². The van der Waals surface area contributed by atoms with E-state index in [0.29, 0.717) is 22.6 Å². The largest absolute Gasteiger partial charge is 0.416 e. The van der Waals surface area contributed by atoms with Crippen LogP contribution in [0.4, 0.5) is 19.0 Å². The van der Waals surface area contributed by atoms with E-state index in [1.54, 1.807) is 0 Å². The maximum atomic E-state index is 12.9. The lowest BCUT2D eigenvalue weighted by atomic mass is 10.00. The maximum absolute atomic E-state index is 12.9. The molecule has 0 radical (unpaired) electrons. The molecule has 112 valence electrons. The molecule has 1 saturated heterocycles. The highest BCUT2D eigenvalue weighted by molar-refractivity contribution is 5.90. The van der Waals surface area contributed by atoms with Crippen LogP contribution in [-0.4, -0.2) is 23.1 Å². The van der Waals surface area contributed by atoms with Crippen LogP contribution in [0, 0.1) is 5.92 Å². The van der Waals surface area contributed by atoms with Gasteiger partial charge in [0.2, 0.25) is 0 Å². The molecular weight excluding hydrogens is 279 g/mol. The van der Waals surface area contributed by atoms with Gasteiger partial charge in [0.25, 0.3) is 0 Å². The number of benzene rings is 1. The van der Waals surface area contributed by atoms with Gasteiger partial charge in [0.1, 0.15) is 12.1 Å². The quantitative estimate of drug-likeness (QED) is 0.799. The van der Waals surface area contributed by atoms with Crippen molar-refractivity contribution in [1.29, 1.82) is 0 Å². The van der Waals surface area contributed by atoms with E-state index in [-0.39, 0.29) is 0 Å². The lowest BCUT2D eigenvalue weighted by Gasteiger charge is -2.32. The van der Waals surface area contributed by atoms with Crippen molar-refractivity contribution in [3.63, 3.8) is 0 Å². The second-order valence-electron chi connectivity index (χ2n) is 5.62. The first kappa shape index (κ1) is 14.1. The van der Waals surface area contributed by atoms with Gasteiger partial charge in [0.05, 0.1) is 11.1 Å². The molecule has 1 aromatic heterocycles. The molecule has 3 nitrogen and oxygen atoms in total. The minimum atomic E-state index is -4.35. The molecular formula is C15H16F3N3. The molecule has 1 unspecified atom stereocenters. The van der Waals surface area contributed by atoms with Crippen LogP contribution >= 0.6 is 0 Å². The molecule has 6 heteroatoms. The van der Waals surface area contributed by atoms with Crippen LogP contribution < -0.4 is 4.90 Å². The molecule has 0 N–H and O–H groups in total. The van der Waals surface area contributed by atoms with Crippen LogP contribution in [0.25, 0.3) is 10.9 Å². The van der Waals surface area contributed by atoms with Gasteiger partial charge in [-0.2, -0.15) is 13.2 Å². The zero-order valence-electron chi connectivity index (χ0n) is 11.7. The van der Waals surface area contributed by atoms with Crippen LogP contribution in [0.1, 0.15) is 25.3 Å². The molecule has 0 saturated carbocycles. The summed E-state index contributed by atoms with van der Waals surface area (Å²) in [7, 11) is 0. The number of rotatable bonds is 1. The Morgan fingerprint density at radius 3 is 2.76 bits per heavy atom. The Bertz CT molecular complexity index is 654. The molecule has 2 aromatic rings. The molecule has 21 heavy (non-hydrogen) atoms. The number of fused-ring (bicyclic) bond motifs is 1. The van der Waals surface area contributed by atoms with Crippen molar-refractivity contribution in [2.45, 2.75) is 25.9 Å². The van der Waals surface area contributed by atoms with Crippen molar-refractivity contribution in [1.82, 2.24) is 9.97 Å². The zero-order valence-corrected chi connectivity index (χ0v) is 11.7. The monoisotopic (exact) mass is 295 g/mol. The van der Waals surface area contributed by atoms with Gasteiger partial charge in [-0.05, 0) is 37.0 Å². The summed E-state index contributed by atoms with van der Waals surface area (Å²) in [6.07, 6.45) is -0.750. The Balaban J connectivity index is 2.09. The molecule has 1 aliphatic heterocycles. The van der Waals surface area contributed by atoms with E-state index < -0.39 is 11.7 Å². The minimum absolute atomic E-state index is 0.474. The molecule has 0 bridgehead atoms. The smallest absolute Gasteiger partial charge is 0.356 e. The third kappa shape index (κ3) is 2.80. The third-order valence-electron chi connectivity index (χ3n) is 3.90. The van der Waals surface area contributed by atoms with Crippen molar-refractivity contribution in [2.75, 3.05) is 18.0 Å². The first-order valence-electron chi connectivity index (χ1n) is 7.02. The minimum Gasteiger partial charge on any atom is -0.356 e. The van der Waals surface area contributed by atoms with Gasteiger partial charge in [0.15, 0.2) is 0 Å². The van der Waals surface area contributed by atoms with Crippen molar-refractivity contribution in [3.8, 4) is 0 Å². The summed E-state index contributed by atoms with van der Waals surface area (Å²) in [5.41, 5.74) is -0.109. The zero-order chi connectivity index (χ0) is 15.0. The van der Waals surface area contributed by atoms with E-state index in [2.05, 4.69) is 21.8 Å². The Morgan fingerprint density at radius 1 is 1.24 bits per heavy atom. The van der Waals surface area contributed by atoms with Gasteiger partial charge in [-0.3, -0.25) is 0 Å². The van der Waals surface area contributed by atoms with Crippen LogP contribution in [0.3, 0.4) is 0 Å². The highest BCUT2D eigenvalue weighted by Crippen LogP contribution is 2.34. The fourth-order valence-corrected chi connectivity index (χ4v) is 2.85. The fourth-order valence-electron chi connectivity index (χ4n) is 2.85. The van der Waals surface area contributed by atoms with Gasteiger partial charge in [-0.25, -0.2) is 9.97 Å². The molecule has 1 fully saturated rings. The third-order valence-corrected chi connectivity index (χ3v) is 3.90. The number of aromatic nitrogens is 2. The average Bonchev–Trinajstić information content (AvgIpc) is 2.45. The second-order valence-corrected chi connectivity index (χ2v) is 5.62. The molecule has 1 aromatic carbocycles. The summed E-state index contributed by atoms with van der Waals surface area (Å²) < 4.78 is 38.7. The Kier molecular flexibility index (Phi) is 3.47. The number of alkyl halides is 3. The maximum Gasteiger partial charge on any atom is 0.416 e. The van der Waals surface area contributed by atoms with E-state index in [9.17, 15) is 13.2 Å². The fraction of sp³-hybridized carbons (Fsp3) is 0.467. The summed E-state index contributed by atoms with van der Waals surface area (Å²) in [5, 5.41) is 0.474. The average molecular weight is 295 g/mol. The van der Waals surface area contributed by atoms with E-state index >= 15 is 0 Å². The first-order chi connectivity index (χ1) is 9.95. The van der Waals surface area contributed by atoms with Crippen molar-refractivity contribution >= 4 is 16.7 Å². The van der Waals surface area contributed by atoms with Crippen LogP contribution in [0.2, 0.25) is 0 Å². The Hall–Kier alpha value is -1.85. The summed E-state index contributed by atoms with van der Waals surface area (Å²) in [6.45, 7) is 3.80. The lowest BCUT2D eigenvalue weighted by molar-refractivity contribution is -0.137. The summed E-state index contributed by atoms with van der Waals surface area (Å²) >= 11 is 0. The number of halogens is 3. The molecule has 1 atom stereocenters. The number of hydrogen-bond donors (Lipinski definition) is 0. The molecule has 3 rings (SSSR count). The van der Waals surface area contributed by atoms with E-state index in [1.807, 2.05) is 0 Å². The van der Waals surface area contributed by atoms with Crippen LogP contribution in [0.15, 0.2) is 24.5 Å². The summed E-state index contributed by atoms with van der Waals surface area (Å²) in [6, 6.07) is 3.64. The van der Waals surface area contributed by atoms with Gasteiger partial charge < -0.3 is 4.90 Å². The van der Waals surface area contributed by atoms with Gasteiger partial charge in [-0.1, -0.05) is 6.92 Å². The van der Waals surface area contributed by atoms with Crippen LogP contribution in [-0.2, 0) is 6.18 Å². The first-order valence-corrected chi connectivity index (χ1v) is 7.02. The van der Waals surface area contributed by atoms with Crippen LogP contribution in [0.5, 0.6) is 0 Å². The van der Waals surface area contributed by atoms with Gasteiger partial charge >= 0.3 is 6.18 Å². The van der Waals surface area contributed by atoms with Gasteiger partial charge in [0, 0.05) is 18.5 Å². The van der Waals surface area contributed by atoms with Crippen molar-refractivity contribution < 1.29 is 13.2 Å². The predicted octanol–water partition coefficient (Wildman–Crippen LogP) is 3.88. The molecule has 1 aliphatic rings.